The molecular weight excluding hydrogens is 396 g/mol. The van der Waals surface area contributed by atoms with E-state index in [-0.39, 0.29) is 17.9 Å². The van der Waals surface area contributed by atoms with Gasteiger partial charge in [-0.3, -0.25) is 9.59 Å². The molecule has 0 N–H and O–H groups in total. The molecule has 2 aliphatic rings. The van der Waals surface area contributed by atoms with Crippen molar-refractivity contribution in [1.82, 2.24) is 9.80 Å². The van der Waals surface area contributed by atoms with Crippen molar-refractivity contribution in [3.05, 3.63) is 52.2 Å². The fourth-order valence-corrected chi connectivity index (χ4v) is 5.55. The lowest BCUT2D eigenvalue weighted by atomic mass is 9.83. The number of benzene rings is 1. The van der Waals surface area contributed by atoms with Gasteiger partial charge in [-0.2, -0.15) is 0 Å². The Labute approximate surface area is 182 Å². The highest BCUT2D eigenvalue weighted by Gasteiger charge is 2.38. The van der Waals surface area contributed by atoms with Gasteiger partial charge in [0.25, 0.3) is 0 Å². The third kappa shape index (κ3) is 4.86. The average molecular weight is 427 g/mol. The van der Waals surface area contributed by atoms with Crippen LogP contribution in [0.15, 0.2) is 41.8 Å². The van der Waals surface area contributed by atoms with Gasteiger partial charge >= 0.3 is 0 Å². The van der Waals surface area contributed by atoms with Gasteiger partial charge in [-0.05, 0) is 60.7 Å². The van der Waals surface area contributed by atoms with Gasteiger partial charge in [-0.25, -0.2) is 0 Å². The molecule has 1 aromatic heterocycles. The van der Waals surface area contributed by atoms with Crippen LogP contribution in [-0.4, -0.2) is 54.4 Å². The van der Waals surface area contributed by atoms with E-state index in [1.165, 1.54) is 4.88 Å². The maximum absolute atomic E-state index is 12.9. The summed E-state index contributed by atoms with van der Waals surface area (Å²) in [7, 11) is 1.64. The Hall–Kier alpha value is -2.34. The number of hydrogen-bond acceptors (Lipinski definition) is 4. The van der Waals surface area contributed by atoms with Gasteiger partial charge in [0.2, 0.25) is 11.8 Å². The molecule has 2 amide bonds. The van der Waals surface area contributed by atoms with E-state index in [1.807, 2.05) is 35.2 Å². The molecule has 0 unspecified atom stereocenters. The number of fused-ring (bicyclic) bond motifs is 1. The van der Waals surface area contributed by atoms with Crippen molar-refractivity contribution in [2.75, 3.05) is 26.7 Å². The Bertz CT molecular complexity index is 867. The smallest absolute Gasteiger partial charge is 0.227 e. The second kappa shape index (κ2) is 9.65. The third-order valence-corrected chi connectivity index (χ3v) is 7.33. The lowest BCUT2D eigenvalue weighted by Crippen LogP contribution is -2.56. The van der Waals surface area contributed by atoms with Crippen molar-refractivity contribution in [3.63, 3.8) is 0 Å². The van der Waals surface area contributed by atoms with Crippen molar-refractivity contribution >= 4 is 23.2 Å². The molecule has 3 heterocycles. The minimum Gasteiger partial charge on any atom is -0.497 e. The van der Waals surface area contributed by atoms with Crippen LogP contribution in [-0.2, 0) is 22.4 Å². The molecule has 160 valence electrons. The first-order valence-electron chi connectivity index (χ1n) is 10.9. The number of nitrogens with zero attached hydrogens (tertiary/aromatic N) is 2. The first-order valence-corrected chi connectivity index (χ1v) is 11.7. The molecule has 2 aromatic rings. The van der Waals surface area contributed by atoms with Crippen molar-refractivity contribution in [3.8, 4) is 5.75 Å². The predicted octanol–water partition coefficient (Wildman–Crippen LogP) is 3.77. The molecule has 2 atom stereocenters. The number of aryl methyl sites for hydroxylation is 1. The van der Waals surface area contributed by atoms with E-state index in [0.29, 0.717) is 18.8 Å². The van der Waals surface area contributed by atoms with E-state index < -0.39 is 0 Å². The normalized spacial score (nSPS) is 21.2. The number of hydrogen-bond donors (Lipinski definition) is 0. The molecule has 2 saturated heterocycles. The number of methoxy groups -OCH3 is 1. The fraction of sp³-hybridized carbons (Fsp3) is 0.500. The van der Waals surface area contributed by atoms with Crippen LogP contribution >= 0.6 is 11.3 Å². The zero-order valence-electron chi connectivity index (χ0n) is 17.6. The second-order valence-electron chi connectivity index (χ2n) is 8.29. The highest BCUT2D eigenvalue weighted by Crippen LogP contribution is 2.31. The van der Waals surface area contributed by atoms with Gasteiger partial charge in [-0.15, -0.1) is 11.3 Å². The van der Waals surface area contributed by atoms with E-state index in [4.69, 9.17) is 4.74 Å². The molecule has 30 heavy (non-hydrogen) atoms. The van der Waals surface area contributed by atoms with Crippen LogP contribution in [0.3, 0.4) is 0 Å². The summed E-state index contributed by atoms with van der Waals surface area (Å²) < 4.78 is 5.27. The van der Waals surface area contributed by atoms with Gasteiger partial charge in [0.05, 0.1) is 13.5 Å². The van der Waals surface area contributed by atoms with Crippen LogP contribution in [0.2, 0.25) is 0 Å². The molecule has 5 nitrogen and oxygen atoms in total. The summed E-state index contributed by atoms with van der Waals surface area (Å²) in [5.41, 5.74) is 0.982. The summed E-state index contributed by atoms with van der Waals surface area (Å²) in [5, 5.41) is 2.06. The lowest BCUT2D eigenvalue weighted by molar-refractivity contribution is -0.141. The topological polar surface area (TPSA) is 49.9 Å². The molecule has 1 aromatic carbocycles. The quantitative estimate of drug-likeness (QED) is 0.707. The third-order valence-electron chi connectivity index (χ3n) is 6.40. The lowest BCUT2D eigenvalue weighted by Gasteiger charge is -2.47. The standard InChI is InChI=1S/C24H30N2O3S/c1-29-20-7-2-5-18(15-20)16-24(28)25-13-11-22-19(17-25)6-3-12-26(22)23(27)10-9-21-8-4-14-30-21/h2,4-5,7-8,14-15,19,22H,3,6,9-13,16-17H2,1H3/t19-,22-/m1/s1. The molecule has 2 fully saturated rings. The molecule has 0 saturated carbocycles. The Kier molecular flexibility index (Phi) is 6.72. The summed E-state index contributed by atoms with van der Waals surface area (Å²) in [6.45, 7) is 2.36. The zero-order valence-corrected chi connectivity index (χ0v) is 18.4. The first kappa shape index (κ1) is 20.9. The molecule has 6 heteroatoms. The van der Waals surface area contributed by atoms with Crippen LogP contribution in [0.25, 0.3) is 0 Å². The molecule has 0 bridgehead atoms. The number of likely N-dealkylation sites (tertiary alicyclic amines) is 2. The summed E-state index contributed by atoms with van der Waals surface area (Å²) in [6.07, 6.45) is 4.83. The number of piperidine rings is 2. The Morgan fingerprint density at radius 1 is 1.13 bits per heavy atom. The highest BCUT2D eigenvalue weighted by atomic mass is 32.1. The van der Waals surface area contributed by atoms with Gasteiger partial charge in [0.15, 0.2) is 0 Å². The number of carbonyl (C=O) groups is 2. The van der Waals surface area contributed by atoms with E-state index in [2.05, 4.69) is 16.3 Å². The number of amides is 2. The molecule has 2 aliphatic heterocycles. The fourth-order valence-electron chi connectivity index (χ4n) is 4.84. The summed E-state index contributed by atoms with van der Waals surface area (Å²) in [4.78, 5) is 31.2. The van der Waals surface area contributed by atoms with Crippen molar-refractivity contribution in [2.24, 2.45) is 5.92 Å². The summed E-state index contributed by atoms with van der Waals surface area (Å²) >= 11 is 1.72. The maximum atomic E-state index is 12.9. The maximum Gasteiger partial charge on any atom is 0.227 e. The molecule has 0 aliphatic carbocycles. The van der Waals surface area contributed by atoms with Gasteiger partial charge in [0.1, 0.15) is 5.75 Å². The van der Waals surface area contributed by atoms with E-state index in [1.54, 1.807) is 18.4 Å². The minimum absolute atomic E-state index is 0.169. The van der Waals surface area contributed by atoms with Crippen molar-refractivity contribution in [1.29, 1.82) is 0 Å². The van der Waals surface area contributed by atoms with Crippen LogP contribution in [0.1, 0.15) is 36.1 Å². The molecule has 0 spiro atoms. The predicted molar refractivity (Wildman–Crippen MR) is 119 cm³/mol. The van der Waals surface area contributed by atoms with Crippen LogP contribution in [0.5, 0.6) is 5.75 Å². The van der Waals surface area contributed by atoms with Crippen molar-refractivity contribution in [2.45, 2.75) is 44.6 Å². The van der Waals surface area contributed by atoms with Gasteiger partial charge in [-0.1, -0.05) is 18.2 Å². The van der Waals surface area contributed by atoms with Gasteiger partial charge in [0, 0.05) is 37.0 Å². The largest absolute Gasteiger partial charge is 0.497 e. The first-order chi connectivity index (χ1) is 14.6. The second-order valence-corrected chi connectivity index (χ2v) is 9.33. The Morgan fingerprint density at radius 3 is 2.83 bits per heavy atom. The Balaban J connectivity index is 1.33. The number of ether oxygens (including phenoxy) is 1. The van der Waals surface area contributed by atoms with Crippen LogP contribution in [0, 0.1) is 5.92 Å². The number of carbonyl (C=O) groups excluding carboxylic acids is 2. The van der Waals surface area contributed by atoms with E-state index in [9.17, 15) is 9.59 Å². The van der Waals surface area contributed by atoms with Gasteiger partial charge < -0.3 is 14.5 Å². The molecule has 0 radical (unpaired) electrons. The molecule has 4 rings (SSSR count). The average Bonchev–Trinajstić information content (AvgIpc) is 3.30. The highest BCUT2D eigenvalue weighted by molar-refractivity contribution is 7.09. The van der Waals surface area contributed by atoms with E-state index >= 15 is 0 Å². The SMILES string of the molecule is COc1cccc(CC(=O)N2CC[C@@H]3[C@H](CCCN3C(=O)CCc3cccs3)C2)c1. The van der Waals surface area contributed by atoms with Crippen molar-refractivity contribution < 1.29 is 14.3 Å². The molecular formula is C24H30N2O3S. The van der Waals surface area contributed by atoms with E-state index in [0.717, 1.165) is 56.6 Å². The Morgan fingerprint density at radius 2 is 2.03 bits per heavy atom. The zero-order chi connectivity index (χ0) is 20.9. The number of thiophene rings is 1. The monoisotopic (exact) mass is 426 g/mol. The van der Waals surface area contributed by atoms with Crippen LogP contribution in [0.4, 0.5) is 0 Å². The van der Waals surface area contributed by atoms with Crippen LogP contribution < -0.4 is 4.74 Å². The number of rotatable bonds is 6. The minimum atomic E-state index is 0.169. The summed E-state index contributed by atoms with van der Waals surface area (Å²) in [6, 6.07) is 12.2. The summed E-state index contributed by atoms with van der Waals surface area (Å²) in [5.74, 6) is 1.62.